The number of hydrogen-bond acceptors (Lipinski definition) is 2. The van der Waals surface area contributed by atoms with Gasteiger partial charge in [0.15, 0.2) is 0 Å². The lowest BCUT2D eigenvalue weighted by Crippen LogP contribution is -2.45. The van der Waals surface area contributed by atoms with Gasteiger partial charge in [0.25, 0.3) is 0 Å². The number of benzene rings is 1. The Hall–Kier alpha value is -1.75. The Kier molecular flexibility index (Phi) is 6.31. The van der Waals surface area contributed by atoms with E-state index < -0.39 is 5.97 Å². The van der Waals surface area contributed by atoms with Crippen LogP contribution in [0.4, 0.5) is 4.79 Å². The maximum absolute atomic E-state index is 12.0. The minimum Gasteiger partial charge on any atom is -0.481 e. The highest BCUT2D eigenvalue weighted by molar-refractivity contribution is 6.30. The first-order chi connectivity index (χ1) is 9.43. The van der Waals surface area contributed by atoms with E-state index in [0.717, 1.165) is 5.56 Å². The van der Waals surface area contributed by atoms with Gasteiger partial charge < -0.3 is 15.3 Å². The van der Waals surface area contributed by atoms with Crippen molar-refractivity contribution in [3.05, 3.63) is 34.9 Å². The number of carbonyl (C=O) groups is 2. The van der Waals surface area contributed by atoms with Crippen LogP contribution in [0.25, 0.3) is 0 Å². The molecule has 0 fully saturated rings. The highest BCUT2D eigenvalue weighted by Gasteiger charge is 2.20. The standard InChI is InChI=1S/C14H19ClN2O3/c1-3-17(10(2)8-13(18)19)14(20)16-9-11-4-6-12(15)7-5-11/h4-7,10H,3,8-9H2,1-2H3,(H,16,20)(H,18,19). The van der Waals surface area contributed by atoms with Gasteiger partial charge in [0.05, 0.1) is 6.42 Å². The molecule has 1 unspecified atom stereocenters. The topological polar surface area (TPSA) is 69.6 Å². The number of hydrogen-bond donors (Lipinski definition) is 2. The van der Waals surface area contributed by atoms with Crippen molar-refractivity contribution in [3.63, 3.8) is 0 Å². The fourth-order valence-electron chi connectivity index (χ4n) is 1.90. The van der Waals surface area contributed by atoms with Gasteiger partial charge in [0.2, 0.25) is 0 Å². The number of nitrogens with one attached hydrogen (secondary N) is 1. The lowest BCUT2D eigenvalue weighted by atomic mass is 10.2. The Balaban J connectivity index is 2.54. The molecule has 5 nitrogen and oxygen atoms in total. The minimum absolute atomic E-state index is 0.0673. The first-order valence-electron chi connectivity index (χ1n) is 6.44. The van der Waals surface area contributed by atoms with Gasteiger partial charge in [0.1, 0.15) is 0 Å². The average molecular weight is 299 g/mol. The molecule has 0 saturated carbocycles. The zero-order valence-corrected chi connectivity index (χ0v) is 12.4. The normalized spacial score (nSPS) is 11.8. The summed E-state index contributed by atoms with van der Waals surface area (Å²) in [5.74, 6) is -0.915. The van der Waals surface area contributed by atoms with Gasteiger partial charge >= 0.3 is 12.0 Å². The van der Waals surface area contributed by atoms with Gasteiger partial charge in [-0.25, -0.2) is 4.79 Å². The maximum atomic E-state index is 12.0. The zero-order chi connectivity index (χ0) is 15.1. The number of carbonyl (C=O) groups excluding carboxylic acids is 1. The lowest BCUT2D eigenvalue weighted by molar-refractivity contribution is -0.138. The van der Waals surface area contributed by atoms with Crippen molar-refractivity contribution in [2.75, 3.05) is 6.54 Å². The van der Waals surface area contributed by atoms with Gasteiger partial charge in [0, 0.05) is 24.2 Å². The van der Waals surface area contributed by atoms with Gasteiger partial charge in [-0.05, 0) is 31.5 Å². The SMILES string of the molecule is CCN(C(=O)NCc1ccc(Cl)cc1)C(C)CC(=O)O. The number of rotatable bonds is 6. The number of halogens is 1. The van der Waals surface area contributed by atoms with Crippen molar-refractivity contribution in [1.82, 2.24) is 10.2 Å². The molecular formula is C14H19ClN2O3. The van der Waals surface area contributed by atoms with Crippen molar-refractivity contribution in [2.24, 2.45) is 0 Å². The Labute approximate surface area is 123 Å². The smallest absolute Gasteiger partial charge is 0.317 e. The number of carboxylic acids is 1. The second kappa shape index (κ2) is 7.75. The van der Waals surface area contributed by atoms with Crippen LogP contribution in [0.2, 0.25) is 5.02 Å². The highest BCUT2D eigenvalue weighted by atomic mass is 35.5. The third kappa shape index (κ3) is 5.09. The van der Waals surface area contributed by atoms with Crippen LogP contribution in [0, 0.1) is 0 Å². The van der Waals surface area contributed by atoms with Crippen LogP contribution >= 0.6 is 11.6 Å². The molecule has 0 spiro atoms. The molecule has 1 aromatic carbocycles. The van der Waals surface area contributed by atoms with Crippen LogP contribution in [0.5, 0.6) is 0 Å². The van der Waals surface area contributed by atoms with Crippen LogP contribution in [-0.4, -0.2) is 34.6 Å². The molecule has 2 N–H and O–H groups in total. The van der Waals surface area contributed by atoms with E-state index in [0.29, 0.717) is 18.1 Å². The van der Waals surface area contributed by atoms with E-state index in [1.807, 2.05) is 19.1 Å². The van der Waals surface area contributed by atoms with Gasteiger partial charge in [-0.1, -0.05) is 23.7 Å². The second-order valence-corrected chi connectivity index (χ2v) is 4.95. The van der Waals surface area contributed by atoms with E-state index in [9.17, 15) is 9.59 Å². The summed E-state index contributed by atoms with van der Waals surface area (Å²) in [5.41, 5.74) is 0.935. The first kappa shape index (κ1) is 16.3. The van der Waals surface area contributed by atoms with E-state index in [4.69, 9.17) is 16.7 Å². The highest BCUT2D eigenvalue weighted by Crippen LogP contribution is 2.10. The number of carboxylic acid groups (broad SMARTS) is 1. The molecule has 1 rings (SSSR count). The van der Waals surface area contributed by atoms with Crippen molar-refractivity contribution in [3.8, 4) is 0 Å². The van der Waals surface area contributed by atoms with Gasteiger partial charge in [-0.3, -0.25) is 4.79 Å². The van der Waals surface area contributed by atoms with Crippen LogP contribution < -0.4 is 5.32 Å². The Morgan fingerprint density at radius 3 is 2.45 bits per heavy atom. The molecular weight excluding hydrogens is 280 g/mol. The number of nitrogens with zero attached hydrogens (tertiary/aromatic N) is 1. The van der Waals surface area contributed by atoms with Crippen molar-refractivity contribution >= 4 is 23.6 Å². The summed E-state index contributed by atoms with van der Waals surface area (Å²) < 4.78 is 0. The second-order valence-electron chi connectivity index (χ2n) is 4.52. The quantitative estimate of drug-likeness (QED) is 0.848. The lowest BCUT2D eigenvalue weighted by Gasteiger charge is -2.27. The van der Waals surface area contributed by atoms with Crippen LogP contribution in [0.1, 0.15) is 25.8 Å². The van der Waals surface area contributed by atoms with E-state index in [-0.39, 0.29) is 18.5 Å². The Morgan fingerprint density at radius 1 is 1.35 bits per heavy atom. The molecule has 110 valence electrons. The predicted octanol–water partition coefficient (Wildman–Crippen LogP) is 2.73. The molecule has 0 aliphatic carbocycles. The third-order valence-electron chi connectivity index (χ3n) is 2.96. The monoisotopic (exact) mass is 298 g/mol. The van der Waals surface area contributed by atoms with E-state index in [1.54, 1.807) is 19.1 Å². The first-order valence-corrected chi connectivity index (χ1v) is 6.82. The molecule has 0 aromatic heterocycles. The average Bonchev–Trinajstić information content (AvgIpc) is 2.38. The van der Waals surface area contributed by atoms with Gasteiger partial charge in [-0.2, -0.15) is 0 Å². The molecule has 2 amide bonds. The fourth-order valence-corrected chi connectivity index (χ4v) is 2.03. The predicted molar refractivity (Wildman–Crippen MR) is 77.8 cm³/mol. The van der Waals surface area contributed by atoms with Crippen molar-refractivity contribution < 1.29 is 14.7 Å². The fraction of sp³-hybridized carbons (Fsp3) is 0.429. The summed E-state index contributed by atoms with van der Waals surface area (Å²) in [6, 6.07) is 6.57. The molecule has 1 atom stereocenters. The van der Waals surface area contributed by atoms with Crippen LogP contribution in [0.3, 0.4) is 0 Å². The summed E-state index contributed by atoms with van der Waals surface area (Å²) >= 11 is 5.79. The molecule has 1 aromatic rings. The van der Waals surface area contributed by atoms with Crippen LogP contribution in [0.15, 0.2) is 24.3 Å². The van der Waals surface area contributed by atoms with E-state index in [2.05, 4.69) is 5.32 Å². The molecule has 0 saturated heterocycles. The number of urea groups is 1. The minimum atomic E-state index is -0.915. The summed E-state index contributed by atoms with van der Waals surface area (Å²) in [4.78, 5) is 24.2. The summed E-state index contributed by atoms with van der Waals surface area (Å²) in [7, 11) is 0. The Bertz CT molecular complexity index is 462. The number of amides is 2. The molecule has 0 heterocycles. The molecule has 20 heavy (non-hydrogen) atoms. The van der Waals surface area contributed by atoms with E-state index in [1.165, 1.54) is 4.90 Å². The molecule has 0 aliphatic heterocycles. The summed E-state index contributed by atoms with van der Waals surface area (Å²) in [6.07, 6.45) is -0.0673. The zero-order valence-electron chi connectivity index (χ0n) is 11.6. The van der Waals surface area contributed by atoms with Crippen molar-refractivity contribution in [2.45, 2.75) is 32.9 Å². The van der Waals surface area contributed by atoms with Crippen molar-refractivity contribution in [1.29, 1.82) is 0 Å². The number of aliphatic carboxylic acids is 1. The molecule has 0 aliphatic rings. The largest absolute Gasteiger partial charge is 0.481 e. The molecule has 6 heteroatoms. The summed E-state index contributed by atoms with van der Waals surface area (Å²) in [5, 5.41) is 12.2. The molecule has 0 radical (unpaired) electrons. The van der Waals surface area contributed by atoms with E-state index >= 15 is 0 Å². The summed E-state index contributed by atoms with van der Waals surface area (Å²) in [6.45, 7) is 4.38. The van der Waals surface area contributed by atoms with Crippen LogP contribution in [-0.2, 0) is 11.3 Å². The maximum Gasteiger partial charge on any atom is 0.317 e. The van der Waals surface area contributed by atoms with Gasteiger partial charge in [-0.15, -0.1) is 0 Å². The third-order valence-corrected chi connectivity index (χ3v) is 3.21. The Morgan fingerprint density at radius 2 is 1.95 bits per heavy atom. The molecule has 0 bridgehead atoms.